The van der Waals surface area contributed by atoms with Crippen molar-refractivity contribution in [2.75, 3.05) is 0 Å². The van der Waals surface area contributed by atoms with Crippen LogP contribution in [0.3, 0.4) is 0 Å². The second-order valence-electron chi connectivity index (χ2n) is 3.76. The minimum atomic E-state index is -2.82. The van der Waals surface area contributed by atoms with Crippen LogP contribution < -0.4 is 0 Å². The highest BCUT2D eigenvalue weighted by Crippen LogP contribution is 2.27. The zero-order valence-electron chi connectivity index (χ0n) is 12.3. The molecule has 0 aliphatic rings. The van der Waals surface area contributed by atoms with E-state index < -0.39 is 25.4 Å². The Bertz CT molecular complexity index is 603. The normalized spacial score (nSPS) is 17.9. The number of halogens is 2. The molecule has 1 N–H and O–H groups in total. The number of pyridine rings is 1. The van der Waals surface area contributed by atoms with Gasteiger partial charge in [-0.15, -0.1) is 0 Å². The Morgan fingerprint density at radius 1 is 1.44 bits per heavy atom. The second-order valence-corrected chi connectivity index (χ2v) is 3.76. The summed E-state index contributed by atoms with van der Waals surface area (Å²) in [5.74, 6) is 0. The summed E-state index contributed by atoms with van der Waals surface area (Å²) < 4.78 is 48.3. The molecule has 2 aromatic heterocycles. The van der Waals surface area contributed by atoms with Crippen LogP contribution >= 0.6 is 0 Å². The number of aromatic nitrogens is 3. The monoisotopic (exact) mass is 256 g/mol. The van der Waals surface area contributed by atoms with Crippen molar-refractivity contribution in [3.05, 3.63) is 48.0 Å². The molecule has 2 rings (SSSR count). The lowest BCUT2D eigenvalue weighted by Crippen LogP contribution is -2.24. The molecular formula is C12H13F2N3O. The van der Waals surface area contributed by atoms with E-state index in [1.165, 1.54) is 36.8 Å². The molecule has 0 aliphatic carbocycles. The van der Waals surface area contributed by atoms with Crippen LogP contribution in [0.4, 0.5) is 8.78 Å². The summed E-state index contributed by atoms with van der Waals surface area (Å²) >= 11 is 0. The average Bonchev–Trinajstić information content (AvgIpc) is 2.85. The van der Waals surface area contributed by atoms with Gasteiger partial charge in [-0.25, -0.2) is 8.78 Å². The number of hydrogen-bond donors (Lipinski definition) is 1. The zero-order valence-corrected chi connectivity index (χ0v) is 9.29. The summed E-state index contributed by atoms with van der Waals surface area (Å²) in [7, 11) is 0. The van der Waals surface area contributed by atoms with E-state index in [0.29, 0.717) is 0 Å². The van der Waals surface area contributed by atoms with Gasteiger partial charge >= 0.3 is 0 Å². The van der Waals surface area contributed by atoms with Crippen molar-refractivity contribution < 1.29 is 18.0 Å². The minimum Gasteiger partial charge on any atom is -0.379 e. The molecule has 0 fully saturated rings. The van der Waals surface area contributed by atoms with Gasteiger partial charge in [0.25, 0.3) is 6.43 Å². The van der Waals surface area contributed by atoms with Crippen LogP contribution in [0.15, 0.2) is 36.8 Å². The molecule has 6 heteroatoms. The van der Waals surface area contributed by atoms with Crippen molar-refractivity contribution in [2.24, 2.45) is 0 Å². The predicted octanol–water partition coefficient (Wildman–Crippen LogP) is 1.80. The molecule has 1 unspecified atom stereocenters. The molecule has 1 atom stereocenters. The largest absolute Gasteiger partial charge is 0.379 e. The molecule has 0 saturated carbocycles. The van der Waals surface area contributed by atoms with E-state index >= 15 is 0 Å². The van der Waals surface area contributed by atoms with Crippen LogP contribution in [0.5, 0.6) is 0 Å². The number of hydrogen-bond acceptors (Lipinski definition) is 3. The van der Waals surface area contributed by atoms with Crippen molar-refractivity contribution in [3.63, 3.8) is 0 Å². The molecule has 0 aliphatic heterocycles. The van der Waals surface area contributed by atoms with Crippen LogP contribution in [0.2, 0.25) is 0 Å². The topological polar surface area (TPSA) is 50.9 Å². The fourth-order valence-electron chi connectivity index (χ4n) is 1.54. The summed E-state index contributed by atoms with van der Waals surface area (Å²) in [6.45, 7) is -3.49. The summed E-state index contributed by atoms with van der Waals surface area (Å²) in [4.78, 5) is 3.76. The van der Waals surface area contributed by atoms with E-state index in [1.54, 1.807) is 0 Å². The molecule has 2 aromatic rings. The van der Waals surface area contributed by atoms with Crippen molar-refractivity contribution in [1.29, 1.82) is 0 Å². The molecule has 18 heavy (non-hydrogen) atoms. The van der Waals surface area contributed by atoms with E-state index in [0.717, 1.165) is 4.68 Å². The Morgan fingerprint density at radius 2 is 2.17 bits per heavy atom. The van der Waals surface area contributed by atoms with Gasteiger partial charge < -0.3 is 5.11 Å². The van der Waals surface area contributed by atoms with E-state index in [2.05, 4.69) is 10.1 Å². The van der Waals surface area contributed by atoms with Crippen molar-refractivity contribution in [1.82, 2.24) is 14.8 Å². The maximum Gasteiger partial charge on any atom is 0.257 e. The van der Waals surface area contributed by atoms with Gasteiger partial charge in [0.05, 0.1) is 5.69 Å². The first-order chi connectivity index (χ1) is 9.75. The third kappa shape index (κ3) is 2.53. The second kappa shape index (κ2) is 4.81. The SMILES string of the molecule is [2H]C([2H])([2H])C(O)(c1ccncc1)c1ccn(CC(F)F)n1. The molecule has 0 bridgehead atoms. The summed E-state index contributed by atoms with van der Waals surface area (Å²) in [5.41, 5.74) is -2.53. The van der Waals surface area contributed by atoms with Gasteiger partial charge in [0.1, 0.15) is 12.1 Å². The standard InChI is InChI=1S/C12H13F2N3O/c1-12(18,9-2-5-15-6-3-9)10-4-7-17(16-10)8-11(13)14/h2-7,11,18H,8H2,1H3/i1D3. The summed E-state index contributed by atoms with van der Waals surface area (Å²) in [6, 6.07) is 3.91. The molecule has 0 amide bonds. The van der Waals surface area contributed by atoms with Crippen molar-refractivity contribution in [2.45, 2.75) is 25.4 Å². The Balaban J connectivity index is 2.49. The molecule has 96 valence electrons. The highest BCUT2D eigenvalue weighted by molar-refractivity contribution is 5.28. The summed E-state index contributed by atoms with van der Waals surface area (Å²) in [6.07, 6.45) is 1.25. The number of nitrogens with zero attached hydrogens (tertiary/aromatic N) is 3. The Kier molecular flexibility index (Phi) is 2.45. The number of alkyl halides is 2. The molecular weight excluding hydrogens is 240 g/mol. The smallest absolute Gasteiger partial charge is 0.257 e. The highest BCUT2D eigenvalue weighted by Gasteiger charge is 2.28. The quantitative estimate of drug-likeness (QED) is 0.907. The highest BCUT2D eigenvalue weighted by atomic mass is 19.3. The molecule has 0 radical (unpaired) electrons. The lowest BCUT2D eigenvalue weighted by Gasteiger charge is -2.21. The van der Waals surface area contributed by atoms with Gasteiger partial charge in [-0.05, 0) is 30.6 Å². The van der Waals surface area contributed by atoms with E-state index in [4.69, 9.17) is 4.11 Å². The van der Waals surface area contributed by atoms with Gasteiger partial charge in [-0.1, -0.05) is 0 Å². The van der Waals surface area contributed by atoms with Crippen molar-refractivity contribution >= 4 is 0 Å². The Morgan fingerprint density at radius 3 is 2.78 bits per heavy atom. The van der Waals surface area contributed by atoms with E-state index in [9.17, 15) is 13.9 Å². The maximum atomic E-state index is 12.3. The van der Waals surface area contributed by atoms with Crippen LogP contribution in [0, 0.1) is 0 Å². The fourth-order valence-corrected chi connectivity index (χ4v) is 1.54. The third-order valence-corrected chi connectivity index (χ3v) is 2.43. The number of aliphatic hydroxyl groups is 1. The minimum absolute atomic E-state index is 0.0693. The third-order valence-electron chi connectivity index (χ3n) is 2.43. The first-order valence-corrected chi connectivity index (χ1v) is 5.20. The van der Waals surface area contributed by atoms with Crippen LogP contribution in [-0.4, -0.2) is 26.3 Å². The van der Waals surface area contributed by atoms with Gasteiger partial charge in [-0.2, -0.15) is 5.10 Å². The molecule has 4 nitrogen and oxygen atoms in total. The zero-order chi connectivity index (χ0) is 15.7. The van der Waals surface area contributed by atoms with Gasteiger partial charge in [-0.3, -0.25) is 9.67 Å². The predicted molar refractivity (Wildman–Crippen MR) is 61.1 cm³/mol. The average molecular weight is 256 g/mol. The molecule has 0 aromatic carbocycles. The lowest BCUT2D eigenvalue weighted by molar-refractivity contribution is 0.0930. The summed E-state index contributed by atoms with van der Waals surface area (Å²) in [5, 5.41) is 14.5. The molecule has 0 saturated heterocycles. The fraction of sp³-hybridized carbons (Fsp3) is 0.333. The van der Waals surface area contributed by atoms with E-state index in [1.807, 2.05) is 0 Å². The van der Waals surface area contributed by atoms with E-state index in [-0.39, 0.29) is 11.3 Å². The Labute approximate surface area is 107 Å². The van der Waals surface area contributed by atoms with Gasteiger partial charge in [0.2, 0.25) is 0 Å². The lowest BCUT2D eigenvalue weighted by atomic mass is 9.94. The van der Waals surface area contributed by atoms with Crippen molar-refractivity contribution in [3.8, 4) is 0 Å². The van der Waals surface area contributed by atoms with Gasteiger partial charge in [0, 0.05) is 22.7 Å². The molecule has 2 heterocycles. The number of rotatable bonds is 4. The Hall–Kier alpha value is -1.82. The van der Waals surface area contributed by atoms with Crippen LogP contribution in [0.1, 0.15) is 22.2 Å². The first kappa shape index (κ1) is 9.16. The van der Waals surface area contributed by atoms with Crippen LogP contribution in [-0.2, 0) is 12.1 Å². The van der Waals surface area contributed by atoms with Crippen LogP contribution in [0.25, 0.3) is 0 Å². The first-order valence-electron chi connectivity index (χ1n) is 6.70. The molecule has 0 spiro atoms. The maximum absolute atomic E-state index is 12.3. The van der Waals surface area contributed by atoms with Gasteiger partial charge in [0.15, 0.2) is 0 Å².